The van der Waals surface area contributed by atoms with E-state index in [9.17, 15) is 13.2 Å². The third-order valence-corrected chi connectivity index (χ3v) is 6.80. The van der Waals surface area contributed by atoms with Crippen LogP contribution < -0.4 is 14.4 Å². The van der Waals surface area contributed by atoms with E-state index in [0.717, 1.165) is 17.7 Å². The fraction of sp³-hybridized carbons (Fsp3) is 0.150. The molecule has 8 heteroatoms. The molecule has 0 unspecified atom stereocenters. The van der Waals surface area contributed by atoms with Crippen molar-refractivity contribution in [3.05, 3.63) is 70.4 Å². The molecular formula is C20H18N2O4S2. The van der Waals surface area contributed by atoms with Gasteiger partial charge >= 0.3 is 0 Å². The average Bonchev–Trinajstić information content (AvgIpc) is 3.37. The molecule has 1 amide bonds. The summed E-state index contributed by atoms with van der Waals surface area (Å²) < 4.78 is 33.1. The summed E-state index contributed by atoms with van der Waals surface area (Å²) in [6.07, 6.45) is 0.745. The SMILES string of the molecule is COc1cccc(S(=O)(=O)Nc2ccc3c(c2)N(C(=O)c2cccs2)CC3)c1. The number of sulfonamides is 1. The number of nitrogens with one attached hydrogen (secondary N) is 1. The fourth-order valence-corrected chi connectivity index (χ4v) is 4.93. The molecule has 4 rings (SSSR count). The minimum absolute atomic E-state index is 0.0680. The largest absolute Gasteiger partial charge is 0.497 e. The van der Waals surface area contributed by atoms with Crippen molar-refractivity contribution in [2.24, 2.45) is 0 Å². The zero-order chi connectivity index (χ0) is 19.7. The van der Waals surface area contributed by atoms with Gasteiger partial charge in [0.25, 0.3) is 15.9 Å². The number of rotatable bonds is 5. The molecule has 0 radical (unpaired) electrons. The molecule has 0 spiro atoms. The first kappa shape index (κ1) is 18.5. The molecule has 0 aliphatic carbocycles. The molecule has 144 valence electrons. The summed E-state index contributed by atoms with van der Waals surface area (Å²) in [6.45, 7) is 0.582. The maximum absolute atomic E-state index is 12.7. The molecule has 1 N–H and O–H groups in total. The standard InChI is InChI=1S/C20H18N2O4S2/c1-26-16-4-2-5-17(13-16)28(24,25)21-15-8-7-14-9-10-22(18(14)12-15)20(23)19-6-3-11-27-19/h2-8,11-13,21H,9-10H2,1H3. The number of amides is 1. The Kier molecular flexibility index (Phi) is 4.82. The minimum Gasteiger partial charge on any atom is -0.497 e. The number of ether oxygens (including phenoxy) is 1. The van der Waals surface area contributed by atoms with Crippen molar-refractivity contribution < 1.29 is 17.9 Å². The van der Waals surface area contributed by atoms with E-state index in [2.05, 4.69) is 4.72 Å². The van der Waals surface area contributed by atoms with Gasteiger partial charge in [-0.2, -0.15) is 0 Å². The van der Waals surface area contributed by atoms with E-state index < -0.39 is 10.0 Å². The molecule has 0 atom stereocenters. The van der Waals surface area contributed by atoms with E-state index in [0.29, 0.717) is 22.9 Å². The van der Waals surface area contributed by atoms with Crippen LogP contribution in [0.5, 0.6) is 5.75 Å². The smallest absolute Gasteiger partial charge is 0.268 e. The second-order valence-electron chi connectivity index (χ2n) is 6.31. The molecule has 0 fully saturated rings. The first-order chi connectivity index (χ1) is 13.5. The molecule has 2 heterocycles. The van der Waals surface area contributed by atoms with Crippen LogP contribution in [0.3, 0.4) is 0 Å². The molecule has 2 aromatic carbocycles. The van der Waals surface area contributed by atoms with Crippen LogP contribution in [0.1, 0.15) is 15.2 Å². The molecular weight excluding hydrogens is 396 g/mol. The number of methoxy groups -OCH3 is 1. The highest BCUT2D eigenvalue weighted by molar-refractivity contribution is 7.92. The van der Waals surface area contributed by atoms with Gasteiger partial charge in [-0.05, 0) is 47.7 Å². The van der Waals surface area contributed by atoms with Crippen molar-refractivity contribution >= 4 is 38.6 Å². The zero-order valence-corrected chi connectivity index (χ0v) is 16.7. The normalized spacial score (nSPS) is 13.2. The Bertz CT molecular complexity index is 1120. The molecule has 6 nitrogen and oxygen atoms in total. The van der Waals surface area contributed by atoms with Crippen molar-refractivity contribution in [1.82, 2.24) is 0 Å². The van der Waals surface area contributed by atoms with Crippen LogP contribution in [0, 0.1) is 0 Å². The predicted molar refractivity (Wildman–Crippen MR) is 110 cm³/mol. The summed E-state index contributed by atoms with van der Waals surface area (Å²) in [5.74, 6) is 0.395. The molecule has 28 heavy (non-hydrogen) atoms. The van der Waals surface area contributed by atoms with Crippen LogP contribution in [0.4, 0.5) is 11.4 Å². The second kappa shape index (κ2) is 7.29. The maximum Gasteiger partial charge on any atom is 0.268 e. The minimum atomic E-state index is -3.78. The summed E-state index contributed by atoms with van der Waals surface area (Å²) in [6, 6.07) is 15.2. The summed E-state index contributed by atoms with van der Waals surface area (Å²) in [7, 11) is -2.29. The van der Waals surface area contributed by atoms with Gasteiger partial charge in [-0.3, -0.25) is 9.52 Å². The number of thiophene rings is 1. The van der Waals surface area contributed by atoms with Gasteiger partial charge in [-0.15, -0.1) is 11.3 Å². The molecule has 1 aliphatic heterocycles. The highest BCUT2D eigenvalue weighted by Crippen LogP contribution is 2.33. The predicted octanol–water partition coefficient (Wildman–Crippen LogP) is 3.76. The number of carbonyl (C=O) groups is 1. The second-order valence-corrected chi connectivity index (χ2v) is 8.94. The van der Waals surface area contributed by atoms with E-state index in [1.807, 2.05) is 17.5 Å². The fourth-order valence-electron chi connectivity index (χ4n) is 3.17. The number of benzene rings is 2. The van der Waals surface area contributed by atoms with Crippen molar-refractivity contribution in [2.75, 3.05) is 23.3 Å². The average molecular weight is 415 g/mol. The summed E-state index contributed by atoms with van der Waals surface area (Å²) in [4.78, 5) is 15.2. The number of fused-ring (bicyclic) bond motifs is 1. The Hall–Kier alpha value is -2.84. The Balaban J connectivity index is 1.62. The van der Waals surface area contributed by atoms with E-state index in [4.69, 9.17) is 4.74 Å². The number of nitrogens with zero attached hydrogens (tertiary/aromatic N) is 1. The van der Waals surface area contributed by atoms with Gasteiger partial charge in [-0.25, -0.2) is 8.42 Å². The number of carbonyl (C=O) groups excluding carboxylic acids is 1. The van der Waals surface area contributed by atoms with Crippen molar-refractivity contribution in [3.8, 4) is 5.75 Å². The topological polar surface area (TPSA) is 75.7 Å². The van der Waals surface area contributed by atoms with Crippen LogP contribution >= 0.6 is 11.3 Å². The van der Waals surface area contributed by atoms with Gasteiger partial charge in [0.15, 0.2) is 0 Å². The summed E-state index contributed by atoms with van der Waals surface area (Å²) >= 11 is 1.39. The third-order valence-electron chi connectivity index (χ3n) is 4.56. The van der Waals surface area contributed by atoms with Gasteiger partial charge in [-0.1, -0.05) is 18.2 Å². The summed E-state index contributed by atoms with van der Waals surface area (Å²) in [5, 5.41) is 1.86. The number of hydrogen-bond donors (Lipinski definition) is 1. The lowest BCUT2D eigenvalue weighted by Crippen LogP contribution is -2.28. The van der Waals surface area contributed by atoms with Gasteiger partial charge in [0.2, 0.25) is 0 Å². The van der Waals surface area contributed by atoms with Gasteiger partial charge in [0.05, 0.1) is 22.6 Å². The highest BCUT2D eigenvalue weighted by Gasteiger charge is 2.27. The van der Waals surface area contributed by atoms with Crippen molar-refractivity contribution in [2.45, 2.75) is 11.3 Å². The molecule has 1 aliphatic rings. The van der Waals surface area contributed by atoms with Gasteiger partial charge in [0.1, 0.15) is 5.75 Å². The highest BCUT2D eigenvalue weighted by atomic mass is 32.2. The van der Waals surface area contributed by atoms with Crippen LogP contribution in [-0.2, 0) is 16.4 Å². The molecule has 0 saturated carbocycles. The zero-order valence-electron chi connectivity index (χ0n) is 15.1. The van der Waals surface area contributed by atoms with Crippen molar-refractivity contribution in [3.63, 3.8) is 0 Å². The molecule has 0 saturated heterocycles. The van der Waals surface area contributed by atoms with E-state index in [-0.39, 0.29) is 10.8 Å². The Morgan fingerprint density at radius 3 is 2.75 bits per heavy atom. The maximum atomic E-state index is 12.7. The lowest BCUT2D eigenvalue weighted by atomic mass is 10.1. The van der Waals surface area contributed by atoms with E-state index in [1.54, 1.807) is 35.2 Å². The van der Waals surface area contributed by atoms with Gasteiger partial charge in [0, 0.05) is 18.3 Å². The first-order valence-electron chi connectivity index (χ1n) is 8.63. The first-order valence-corrected chi connectivity index (χ1v) is 11.0. The number of anilines is 2. The van der Waals surface area contributed by atoms with Gasteiger partial charge < -0.3 is 9.64 Å². The molecule has 1 aromatic heterocycles. The summed E-state index contributed by atoms with van der Waals surface area (Å²) in [5.41, 5.74) is 2.17. The lowest BCUT2D eigenvalue weighted by molar-refractivity contribution is 0.0993. The Morgan fingerprint density at radius 2 is 2.00 bits per heavy atom. The van der Waals surface area contributed by atoms with Crippen LogP contribution in [0.25, 0.3) is 0 Å². The third kappa shape index (κ3) is 3.48. The van der Waals surface area contributed by atoms with Crippen LogP contribution in [0.15, 0.2) is 64.9 Å². The number of hydrogen-bond acceptors (Lipinski definition) is 5. The van der Waals surface area contributed by atoms with E-state index >= 15 is 0 Å². The van der Waals surface area contributed by atoms with E-state index in [1.165, 1.54) is 30.6 Å². The molecule has 3 aromatic rings. The van der Waals surface area contributed by atoms with Crippen LogP contribution in [-0.4, -0.2) is 28.0 Å². The lowest BCUT2D eigenvalue weighted by Gasteiger charge is -2.17. The Morgan fingerprint density at radius 1 is 1.14 bits per heavy atom. The monoisotopic (exact) mass is 414 g/mol. The van der Waals surface area contributed by atoms with Crippen LogP contribution in [0.2, 0.25) is 0 Å². The van der Waals surface area contributed by atoms with Crippen molar-refractivity contribution in [1.29, 1.82) is 0 Å². The molecule has 0 bridgehead atoms. The quantitative estimate of drug-likeness (QED) is 0.690. The Labute approximate surface area is 167 Å².